The number of amides is 1. The van der Waals surface area contributed by atoms with Crippen LogP contribution >= 0.6 is 11.6 Å². The zero-order valence-corrected chi connectivity index (χ0v) is 12.6. The van der Waals surface area contributed by atoms with E-state index < -0.39 is 0 Å². The quantitative estimate of drug-likeness (QED) is 0.775. The van der Waals surface area contributed by atoms with Crippen LogP contribution in [-0.2, 0) is 11.2 Å². The summed E-state index contributed by atoms with van der Waals surface area (Å²) in [6, 6.07) is 10.9. The summed E-state index contributed by atoms with van der Waals surface area (Å²) in [6.45, 7) is 0. The van der Waals surface area contributed by atoms with E-state index in [9.17, 15) is 4.79 Å². The van der Waals surface area contributed by atoms with Crippen molar-refractivity contribution in [3.8, 4) is 5.75 Å². The van der Waals surface area contributed by atoms with Gasteiger partial charge in [-0.05, 0) is 35.9 Å². The Morgan fingerprint density at radius 3 is 2.95 bits per heavy atom. The van der Waals surface area contributed by atoms with Gasteiger partial charge in [-0.25, -0.2) is 0 Å². The van der Waals surface area contributed by atoms with Crippen molar-refractivity contribution in [1.82, 2.24) is 10.2 Å². The van der Waals surface area contributed by atoms with Crippen LogP contribution in [0.4, 0.5) is 5.69 Å². The van der Waals surface area contributed by atoms with Crippen molar-refractivity contribution in [3.63, 3.8) is 0 Å². The van der Waals surface area contributed by atoms with Crippen LogP contribution in [0.5, 0.6) is 5.75 Å². The molecule has 0 fully saturated rings. The molecule has 1 heterocycles. The molecule has 0 radical (unpaired) electrons. The van der Waals surface area contributed by atoms with E-state index in [1.54, 1.807) is 25.4 Å². The molecule has 0 saturated heterocycles. The summed E-state index contributed by atoms with van der Waals surface area (Å²) in [5.41, 5.74) is 2.43. The lowest BCUT2D eigenvalue weighted by Crippen LogP contribution is -2.14. The van der Waals surface area contributed by atoms with Crippen molar-refractivity contribution in [2.24, 2.45) is 0 Å². The first-order chi connectivity index (χ1) is 10.7. The standard InChI is InChI=1S/C16H14ClN3O2/c1-22-15-5-2-10(6-13(15)17)7-16(21)19-12-4-3-11-9-18-20-14(11)8-12/h2-6,8-9H,7H2,1H3,(H,18,20)(H,19,21). The predicted octanol–water partition coefficient (Wildman–Crippen LogP) is 3.41. The highest BCUT2D eigenvalue weighted by Gasteiger charge is 2.08. The lowest BCUT2D eigenvalue weighted by Gasteiger charge is -2.07. The fraction of sp³-hybridized carbons (Fsp3) is 0.125. The van der Waals surface area contributed by atoms with E-state index in [-0.39, 0.29) is 12.3 Å². The molecule has 1 amide bonds. The summed E-state index contributed by atoms with van der Waals surface area (Å²) < 4.78 is 5.09. The number of fused-ring (bicyclic) bond motifs is 1. The van der Waals surface area contributed by atoms with Gasteiger partial charge in [-0.2, -0.15) is 5.10 Å². The molecule has 3 rings (SSSR count). The molecule has 0 saturated carbocycles. The molecule has 0 atom stereocenters. The molecule has 2 aromatic carbocycles. The maximum atomic E-state index is 12.1. The van der Waals surface area contributed by atoms with Gasteiger partial charge in [0.25, 0.3) is 0 Å². The molecule has 0 bridgehead atoms. The van der Waals surface area contributed by atoms with Crippen LogP contribution in [0.15, 0.2) is 42.6 Å². The molecular formula is C16H14ClN3O2. The minimum Gasteiger partial charge on any atom is -0.495 e. The number of methoxy groups -OCH3 is 1. The number of aromatic amines is 1. The first kappa shape index (κ1) is 14.4. The van der Waals surface area contributed by atoms with E-state index in [1.807, 2.05) is 24.3 Å². The molecule has 5 nitrogen and oxygen atoms in total. The number of nitrogens with zero attached hydrogens (tertiary/aromatic N) is 1. The Morgan fingerprint density at radius 2 is 2.18 bits per heavy atom. The summed E-state index contributed by atoms with van der Waals surface area (Å²) in [5.74, 6) is 0.482. The van der Waals surface area contributed by atoms with Crippen LogP contribution in [0.3, 0.4) is 0 Å². The van der Waals surface area contributed by atoms with E-state index in [0.717, 1.165) is 22.2 Å². The normalized spacial score (nSPS) is 10.6. The Labute approximate surface area is 132 Å². The third-order valence-electron chi connectivity index (χ3n) is 3.31. The van der Waals surface area contributed by atoms with Crippen LogP contribution in [-0.4, -0.2) is 23.2 Å². The Balaban J connectivity index is 1.70. The number of hydrogen-bond donors (Lipinski definition) is 2. The fourth-order valence-corrected chi connectivity index (χ4v) is 2.51. The van der Waals surface area contributed by atoms with E-state index in [4.69, 9.17) is 16.3 Å². The summed E-state index contributed by atoms with van der Waals surface area (Å²) in [7, 11) is 1.55. The number of halogens is 1. The maximum absolute atomic E-state index is 12.1. The van der Waals surface area contributed by atoms with Gasteiger partial charge in [0, 0.05) is 11.1 Å². The summed E-state index contributed by atoms with van der Waals surface area (Å²) in [4.78, 5) is 12.1. The molecule has 1 aromatic heterocycles. The van der Waals surface area contributed by atoms with Crippen molar-refractivity contribution in [3.05, 3.63) is 53.2 Å². The van der Waals surface area contributed by atoms with Gasteiger partial charge < -0.3 is 10.1 Å². The van der Waals surface area contributed by atoms with E-state index in [0.29, 0.717) is 10.8 Å². The first-order valence-corrected chi connectivity index (χ1v) is 7.09. The number of hydrogen-bond acceptors (Lipinski definition) is 3. The highest BCUT2D eigenvalue weighted by Crippen LogP contribution is 2.25. The monoisotopic (exact) mass is 315 g/mol. The van der Waals surface area contributed by atoms with Gasteiger partial charge in [0.2, 0.25) is 5.91 Å². The second kappa shape index (κ2) is 6.07. The zero-order chi connectivity index (χ0) is 15.5. The van der Waals surface area contributed by atoms with Gasteiger partial charge >= 0.3 is 0 Å². The number of anilines is 1. The van der Waals surface area contributed by atoms with Crippen molar-refractivity contribution in [2.45, 2.75) is 6.42 Å². The third-order valence-corrected chi connectivity index (χ3v) is 3.60. The lowest BCUT2D eigenvalue weighted by atomic mass is 10.1. The van der Waals surface area contributed by atoms with E-state index >= 15 is 0 Å². The molecule has 112 valence electrons. The highest BCUT2D eigenvalue weighted by molar-refractivity contribution is 6.32. The molecule has 0 aliphatic carbocycles. The fourth-order valence-electron chi connectivity index (χ4n) is 2.23. The lowest BCUT2D eigenvalue weighted by molar-refractivity contribution is -0.115. The number of carbonyl (C=O) groups excluding carboxylic acids is 1. The van der Waals surface area contributed by atoms with Crippen LogP contribution in [0.25, 0.3) is 10.9 Å². The van der Waals surface area contributed by atoms with Crippen LogP contribution in [0.2, 0.25) is 5.02 Å². The van der Waals surface area contributed by atoms with Gasteiger partial charge in [-0.1, -0.05) is 17.7 Å². The number of H-pyrrole nitrogens is 1. The Hall–Kier alpha value is -2.53. The number of benzene rings is 2. The van der Waals surface area contributed by atoms with Crippen LogP contribution < -0.4 is 10.1 Å². The molecule has 3 aromatic rings. The number of aromatic nitrogens is 2. The smallest absolute Gasteiger partial charge is 0.228 e. The van der Waals surface area contributed by atoms with Gasteiger partial charge in [-0.3, -0.25) is 9.89 Å². The van der Waals surface area contributed by atoms with E-state index in [1.165, 1.54) is 0 Å². The average Bonchev–Trinajstić information content (AvgIpc) is 2.95. The van der Waals surface area contributed by atoms with Gasteiger partial charge in [0.1, 0.15) is 5.75 Å². The Kier molecular flexibility index (Phi) is 3.98. The first-order valence-electron chi connectivity index (χ1n) is 6.71. The third kappa shape index (κ3) is 3.04. The summed E-state index contributed by atoms with van der Waals surface area (Å²) in [6.07, 6.45) is 1.98. The zero-order valence-electron chi connectivity index (χ0n) is 11.9. The molecule has 0 unspecified atom stereocenters. The van der Waals surface area contributed by atoms with Crippen molar-refractivity contribution < 1.29 is 9.53 Å². The van der Waals surface area contributed by atoms with Gasteiger partial charge in [-0.15, -0.1) is 0 Å². The molecule has 0 aliphatic rings. The average molecular weight is 316 g/mol. The topological polar surface area (TPSA) is 67.0 Å². The predicted molar refractivity (Wildman–Crippen MR) is 86.4 cm³/mol. The SMILES string of the molecule is COc1ccc(CC(=O)Nc2ccc3cn[nH]c3c2)cc1Cl. The molecule has 0 aliphatic heterocycles. The Morgan fingerprint density at radius 1 is 1.32 bits per heavy atom. The summed E-state index contributed by atoms with van der Waals surface area (Å²) >= 11 is 6.06. The maximum Gasteiger partial charge on any atom is 0.228 e. The van der Waals surface area contributed by atoms with E-state index in [2.05, 4.69) is 15.5 Å². The molecular weight excluding hydrogens is 302 g/mol. The number of ether oxygens (including phenoxy) is 1. The second-order valence-corrected chi connectivity index (χ2v) is 5.27. The Bertz CT molecular complexity index is 829. The van der Waals surface area contributed by atoms with Gasteiger partial charge in [0.05, 0.1) is 30.3 Å². The van der Waals surface area contributed by atoms with Crippen LogP contribution in [0.1, 0.15) is 5.56 Å². The largest absolute Gasteiger partial charge is 0.495 e. The summed E-state index contributed by atoms with van der Waals surface area (Å²) in [5, 5.41) is 11.2. The van der Waals surface area contributed by atoms with Crippen LogP contribution in [0, 0.1) is 0 Å². The van der Waals surface area contributed by atoms with Crippen molar-refractivity contribution in [2.75, 3.05) is 12.4 Å². The molecule has 22 heavy (non-hydrogen) atoms. The molecule has 2 N–H and O–H groups in total. The highest BCUT2D eigenvalue weighted by atomic mass is 35.5. The minimum absolute atomic E-state index is 0.111. The minimum atomic E-state index is -0.111. The number of nitrogens with one attached hydrogen (secondary N) is 2. The molecule has 0 spiro atoms. The second-order valence-electron chi connectivity index (χ2n) is 4.87. The van der Waals surface area contributed by atoms with Crippen molar-refractivity contribution in [1.29, 1.82) is 0 Å². The van der Waals surface area contributed by atoms with Gasteiger partial charge in [0.15, 0.2) is 0 Å². The number of carbonyl (C=O) groups is 1. The van der Waals surface area contributed by atoms with Crippen molar-refractivity contribution >= 4 is 34.1 Å². The number of rotatable bonds is 4. The molecule has 6 heteroatoms.